The van der Waals surface area contributed by atoms with E-state index in [0.29, 0.717) is 6.61 Å². The standard InChI is InChI=1S/C14H19F3O2S/c1-2-19-13(18)10-3-5-12(6-4-10)20-8-7-11(9-20)14(15,16)17/h7-10,12,20H,2-6H2,1H3. The van der Waals surface area contributed by atoms with Crippen molar-refractivity contribution in [3.8, 4) is 0 Å². The largest absolute Gasteiger partial charge is 0.466 e. The van der Waals surface area contributed by atoms with Crippen molar-refractivity contribution in [2.45, 2.75) is 44.0 Å². The molecule has 0 amide bonds. The van der Waals surface area contributed by atoms with Gasteiger partial charge in [-0.25, -0.2) is 10.9 Å². The van der Waals surface area contributed by atoms with Crippen LogP contribution in [-0.2, 0) is 9.53 Å². The molecule has 0 spiro atoms. The molecular formula is C14H19F3O2S. The number of alkyl halides is 3. The summed E-state index contributed by atoms with van der Waals surface area (Å²) in [6.07, 6.45) is 0.0257. The number of halogens is 3. The Bertz CT molecular complexity index is 421. The summed E-state index contributed by atoms with van der Waals surface area (Å²) >= 11 is 0. The molecule has 20 heavy (non-hydrogen) atoms. The first-order valence-electron chi connectivity index (χ1n) is 6.83. The number of carbonyl (C=O) groups excluding carboxylic acids is 1. The van der Waals surface area contributed by atoms with Crippen LogP contribution < -0.4 is 0 Å². The number of hydrogen-bond acceptors (Lipinski definition) is 2. The van der Waals surface area contributed by atoms with E-state index in [1.54, 1.807) is 12.3 Å². The molecule has 114 valence electrons. The fourth-order valence-electron chi connectivity index (χ4n) is 2.68. The van der Waals surface area contributed by atoms with Crippen molar-refractivity contribution >= 4 is 16.9 Å². The molecular weight excluding hydrogens is 289 g/mol. The molecule has 1 aliphatic carbocycles. The van der Waals surface area contributed by atoms with Crippen molar-refractivity contribution in [3.63, 3.8) is 0 Å². The molecule has 2 rings (SSSR count). The van der Waals surface area contributed by atoms with Gasteiger partial charge in [-0.15, -0.1) is 0 Å². The number of carbonyl (C=O) groups is 1. The van der Waals surface area contributed by atoms with Crippen LogP contribution in [0.4, 0.5) is 13.2 Å². The van der Waals surface area contributed by atoms with E-state index in [2.05, 4.69) is 0 Å². The average Bonchev–Trinajstić information content (AvgIpc) is 2.89. The molecule has 1 aliphatic heterocycles. The van der Waals surface area contributed by atoms with Crippen LogP contribution in [0.3, 0.4) is 0 Å². The zero-order valence-electron chi connectivity index (χ0n) is 11.3. The van der Waals surface area contributed by atoms with E-state index in [1.807, 2.05) is 0 Å². The van der Waals surface area contributed by atoms with Gasteiger partial charge in [-0.1, -0.05) is 0 Å². The molecule has 0 aromatic heterocycles. The lowest BCUT2D eigenvalue weighted by atomic mass is 9.89. The van der Waals surface area contributed by atoms with Crippen molar-refractivity contribution in [1.82, 2.24) is 0 Å². The Morgan fingerprint density at radius 2 is 2.00 bits per heavy atom. The Labute approximate surface area is 119 Å². The van der Waals surface area contributed by atoms with Crippen molar-refractivity contribution < 1.29 is 22.7 Å². The van der Waals surface area contributed by atoms with E-state index in [0.717, 1.165) is 25.7 Å². The van der Waals surface area contributed by atoms with Gasteiger partial charge in [0.25, 0.3) is 0 Å². The van der Waals surface area contributed by atoms with E-state index in [4.69, 9.17) is 4.74 Å². The predicted molar refractivity (Wildman–Crippen MR) is 74.6 cm³/mol. The SMILES string of the molecule is CCOC(=O)C1CCC([SH]2C=CC(C(F)(F)F)=C2)CC1. The third kappa shape index (κ3) is 3.59. The van der Waals surface area contributed by atoms with Crippen molar-refractivity contribution in [2.75, 3.05) is 6.61 Å². The molecule has 2 nitrogen and oxygen atoms in total. The van der Waals surface area contributed by atoms with Crippen molar-refractivity contribution in [1.29, 1.82) is 0 Å². The summed E-state index contributed by atoms with van der Waals surface area (Å²) in [5, 5.41) is 3.35. The van der Waals surface area contributed by atoms with Gasteiger partial charge in [0, 0.05) is 0 Å². The van der Waals surface area contributed by atoms with Crippen LogP contribution >= 0.6 is 10.9 Å². The van der Waals surface area contributed by atoms with Crippen LogP contribution in [0.25, 0.3) is 0 Å². The highest BCUT2D eigenvalue weighted by atomic mass is 32.2. The first-order valence-corrected chi connectivity index (χ1v) is 8.38. The molecule has 0 N–H and O–H groups in total. The number of thiol groups is 1. The Kier molecular flexibility index (Phi) is 4.83. The molecule has 2 aliphatic rings. The summed E-state index contributed by atoms with van der Waals surface area (Å²) < 4.78 is 42.7. The maximum atomic E-state index is 12.6. The Balaban J connectivity index is 1.88. The zero-order valence-corrected chi connectivity index (χ0v) is 12.2. The van der Waals surface area contributed by atoms with Gasteiger partial charge in [0.2, 0.25) is 0 Å². The second-order valence-corrected chi connectivity index (χ2v) is 7.28. The molecule has 0 aromatic carbocycles. The van der Waals surface area contributed by atoms with Crippen LogP contribution in [-0.4, -0.2) is 24.0 Å². The van der Waals surface area contributed by atoms with Gasteiger partial charge in [0.05, 0.1) is 18.1 Å². The van der Waals surface area contributed by atoms with E-state index in [-0.39, 0.29) is 17.1 Å². The quantitative estimate of drug-likeness (QED) is 0.628. The summed E-state index contributed by atoms with van der Waals surface area (Å²) in [5.74, 6) is -0.230. The lowest BCUT2D eigenvalue weighted by Gasteiger charge is -2.31. The molecule has 0 radical (unpaired) electrons. The summed E-state index contributed by atoms with van der Waals surface area (Å²) in [6.45, 7) is 2.16. The minimum Gasteiger partial charge on any atom is -0.466 e. The van der Waals surface area contributed by atoms with Crippen LogP contribution in [0, 0.1) is 5.92 Å². The first kappa shape index (κ1) is 15.5. The normalized spacial score (nSPS) is 32.0. The topological polar surface area (TPSA) is 26.3 Å². The number of allylic oxidation sites excluding steroid dienone is 2. The minimum absolute atomic E-state index is 0.0705. The number of rotatable bonds is 3. The molecule has 1 heterocycles. The van der Waals surface area contributed by atoms with Gasteiger partial charge in [-0.3, -0.25) is 4.79 Å². The lowest BCUT2D eigenvalue weighted by molar-refractivity contribution is -0.149. The van der Waals surface area contributed by atoms with Gasteiger partial charge >= 0.3 is 12.1 Å². The smallest absolute Gasteiger partial charge is 0.416 e. The van der Waals surface area contributed by atoms with Gasteiger partial charge in [-0.05, 0) is 54.7 Å². The van der Waals surface area contributed by atoms with E-state index in [9.17, 15) is 18.0 Å². The average molecular weight is 308 g/mol. The van der Waals surface area contributed by atoms with Crippen LogP contribution in [0.2, 0.25) is 0 Å². The van der Waals surface area contributed by atoms with Gasteiger partial charge in [0.1, 0.15) is 0 Å². The van der Waals surface area contributed by atoms with E-state index >= 15 is 0 Å². The first-order chi connectivity index (χ1) is 9.41. The number of hydrogen-bond donors (Lipinski definition) is 1. The molecule has 1 saturated carbocycles. The number of ether oxygens (including phenoxy) is 1. The Hall–Kier alpha value is -0.910. The zero-order chi connectivity index (χ0) is 14.8. The minimum atomic E-state index is -4.24. The van der Waals surface area contributed by atoms with Crippen molar-refractivity contribution in [3.05, 3.63) is 22.5 Å². The molecule has 1 fully saturated rings. The molecule has 0 saturated heterocycles. The molecule has 1 unspecified atom stereocenters. The third-order valence-electron chi connectivity index (χ3n) is 3.78. The van der Waals surface area contributed by atoms with Crippen LogP contribution in [0.15, 0.2) is 22.5 Å². The summed E-state index contributed by atoms with van der Waals surface area (Å²) in [7, 11) is -0.828. The summed E-state index contributed by atoms with van der Waals surface area (Å²) in [5.41, 5.74) is -0.517. The second-order valence-electron chi connectivity index (χ2n) is 5.10. The molecule has 6 heteroatoms. The van der Waals surface area contributed by atoms with E-state index < -0.39 is 22.6 Å². The molecule has 1 atom stereocenters. The lowest BCUT2D eigenvalue weighted by Crippen LogP contribution is -2.25. The van der Waals surface area contributed by atoms with Crippen LogP contribution in [0.1, 0.15) is 32.6 Å². The van der Waals surface area contributed by atoms with Crippen LogP contribution in [0.5, 0.6) is 0 Å². The van der Waals surface area contributed by atoms with Gasteiger partial charge < -0.3 is 4.74 Å². The highest BCUT2D eigenvalue weighted by Gasteiger charge is 2.36. The molecule has 0 aromatic rings. The Morgan fingerprint density at radius 1 is 1.35 bits per heavy atom. The second kappa shape index (κ2) is 6.24. The summed E-state index contributed by atoms with van der Waals surface area (Å²) in [6, 6.07) is 0. The fourth-order valence-corrected chi connectivity index (χ4v) is 5.00. The number of esters is 1. The maximum absolute atomic E-state index is 12.6. The highest BCUT2D eigenvalue weighted by Crippen LogP contribution is 2.50. The fraction of sp³-hybridized carbons (Fsp3) is 0.643. The van der Waals surface area contributed by atoms with Crippen molar-refractivity contribution in [2.24, 2.45) is 5.92 Å². The third-order valence-corrected chi connectivity index (χ3v) is 6.21. The Morgan fingerprint density at radius 3 is 2.50 bits per heavy atom. The monoisotopic (exact) mass is 308 g/mol. The van der Waals surface area contributed by atoms with E-state index in [1.165, 1.54) is 11.5 Å². The maximum Gasteiger partial charge on any atom is 0.416 e. The summed E-state index contributed by atoms with van der Waals surface area (Å²) in [4.78, 5) is 11.6. The predicted octanol–water partition coefficient (Wildman–Crippen LogP) is 4.08. The molecule has 0 bridgehead atoms. The van der Waals surface area contributed by atoms with Gasteiger partial charge in [0.15, 0.2) is 0 Å². The van der Waals surface area contributed by atoms with Gasteiger partial charge in [-0.2, -0.15) is 13.2 Å². The highest BCUT2D eigenvalue weighted by molar-refractivity contribution is 8.22.